The van der Waals surface area contributed by atoms with E-state index in [0.717, 1.165) is 35.1 Å². The first-order chi connectivity index (χ1) is 25.0. The van der Waals surface area contributed by atoms with E-state index in [1.807, 2.05) is 0 Å². The fraction of sp³-hybridized carbons (Fsp3) is 0.286. The van der Waals surface area contributed by atoms with Crippen LogP contribution >= 0.6 is 15.6 Å². The van der Waals surface area contributed by atoms with Crippen LogP contribution < -0.4 is 28.6 Å². The number of benzene rings is 5. The van der Waals surface area contributed by atoms with Crippen molar-refractivity contribution in [2.45, 2.75) is 73.0 Å². The van der Waals surface area contributed by atoms with Gasteiger partial charge in [-0.05, 0) is 92.4 Å². The lowest BCUT2D eigenvalue weighted by molar-refractivity contribution is -0.336. The van der Waals surface area contributed by atoms with Gasteiger partial charge < -0.3 is 37.8 Å². The summed E-state index contributed by atoms with van der Waals surface area (Å²) in [5.41, 5.74) is 16.6. The minimum absolute atomic E-state index is 0.0216. The van der Waals surface area contributed by atoms with Crippen molar-refractivity contribution in [1.29, 1.82) is 0 Å². The van der Waals surface area contributed by atoms with Crippen LogP contribution in [0.2, 0.25) is 0 Å². The largest absolute Gasteiger partial charge is 0.780 e. The van der Waals surface area contributed by atoms with E-state index in [9.17, 15) is 28.7 Å². The molecule has 0 saturated carbocycles. The van der Waals surface area contributed by atoms with E-state index in [1.54, 1.807) is 0 Å². The van der Waals surface area contributed by atoms with Crippen molar-refractivity contribution in [3.05, 3.63) is 162 Å². The van der Waals surface area contributed by atoms with Crippen LogP contribution in [0.25, 0.3) is 0 Å². The maximum absolute atomic E-state index is 12.6. The summed E-state index contributed by atoms with van der Waals surface area (Å²) in [6.45, 7) is 0. The normalized spacial score (nSPS) is 29.0. The van der Waals surface area contributed by atoms with Gasteiger partial charge in [0.05, 0.1) is 0 Å². The minimum atomic E-state index is -5.56. The molecule has 0 spiro atoms. The summed E-state index contributed by atoms with van der Waals surface area (Å²) in [5.74, 6) is -0.203. The summed E-state index contributed by atoms with van der Waals surface area (Å²) in [4.78, 5) is 50.4. The second-order valence-electron chi connectivity index (χ2n) is 16.2. The van der Waals surface area contributed by atoms with Gasteiger partial charge in [0.2, 0.25) is 0 Å². The Morgan fingerprint density at radius 3 is 0.865 bits per heavy atom. The lowest BCUT2D eigenvalue weighted by atomic mass is 9.74. The van der Waals surface area contributed by atoms with Crippen molar-refractivity contribution in [2.24, 2.45) is 0 Å². The topological polar surface area (TPSA) is 145 Å². The molecule has 5 aromatic carbocycles. The number of hydrogen-bond donors (Lipinski definition) is 0. The maximum atomic E-state index is 12.6. The van der Waals surface area contributed by atoms with Crippen molar-refractivity contribution in [2.75, 3.05) is 0 Å². The van der Waals surface area contributed by atoms with Gasteiger partial charge in [-0.25, -0.2) is 0 Å². The Hall–Kier alpha value is -4.00. The summed E-state index contributed by atoms with van der Waals surface area (Å²) < 4.78 is 36.3. The van der Waals surface area contributed by atoms with E-state index < -0.39 is 15.6 Å². The second-order valence-corrected chi connectivity index (χ2v) is 18.4. The molecule has 52 heavy (non-hydrogen) atoms. The molecule has 8 bridgehead atoms. The Morgan fingerprint density at radius 1 is 0.385 bits per heavy atom. The minimum Gasteiger partial charge on any atom is -0.780 e. The number of phosphoric acid groups is 2. The monoisotopic (exact) mass is 722 g/mol. The Morgan fingerprint density at radius 2 is 0.615 bits per heavy atom. The van der Waals surface area contributed by atoms with Crippen LogP contribution in [0, 0.1) is 0 Å². The van der Waals surface area contributed by atoms with Crippen LogP contribution in [0.3, 0.4) is 0 Å². The standard InChI is InChI=1S/C42H32O8P2/c43-51(44,45)49-41-37-33-15-34(30-12-26-22-9-21(25(26)11-29(30)33)17-5-1-2-6-18(17)22)38(37)42(50-52(46,47)48)40-36-16-35(39(40)41)31-13-27-23-10-24(28(27)14-32(31)36)20-8-4-3-7-19(20)23/h1-8,11-14,21-24,33-36H,9-10,15-16H2,(H2,43,44,45)(H2,46,47,48)/p-4/t21-,22?,23+,24?,33?,34?,35?,36?. The molecule has 0 N–H and O–H groups in total. The molecular formula is C42H28O8P2-4. The number of rotatable bonds is 4. The zero-order valence-corrected chi connectivity index (χ0v) is 29.3. The van der Waals surface area contributed by atoms with E-state index in [2.05, 4.69) is 72.8 Å². The van der Waals surface area contributed by atoms with Crippen LogP contribution in [0.1, 0.15) is 162 Å². The first-order valence-corrected chi connectivity index (χ1v) is 21.1. The van der Waals surface area contributed by atoms with E-state index in [-0.39, 0.29) is 58.8 Å². The lowest BCUT2D eigenvalue weighted by Crippen LogP contribution is -2.24. The van der Waals surface area contributed by atoms with Crippen LogP contribution in [-0.4, -0.2) is 0 Å². The highest BCUT2D eigenvalue weighted by molar-refractivity contribution is 7.43. The van der Waals surface area contributed by atoms with Crippen molar-refractivity contribution in [3.63, 3.8) is 0 Å². The molecule has 0 fully saturated rings. The molecule has 13 rings (SSSR count). The quantitative estimate of drug-likeness (QED) is 0.205. The van der Waals surface area contributed by atoms with Crippen LogP contribution in [0.4, 0.5) is 0 Å². The molecule has 8 aliphatic carbocycles. The summed E-state index contributed by atoms with van der Waals surface area (Å²) in [7, 11) is -11.1. The van der Waals surface area contributed by atoms with Crippen LogP contribution in [0.5, 0.6) is 11.5 Å². The molecule has 0 aliphatic heterocycles. The van der Waals surface area contributed by atoms with E-state index in [1.165, 1.54) is 44.5 Å². The third kappa shape index (κ3) is 3.46. The number of phosphoric ester groups is 2. The average molecular weight is 723 g/mol. The van der Waals surface area contributed by atoms with Gasteiger partial charge in [-0.15, -0.1) is 0 Å². The second kappa shape index (κ2) is 9.19. The van der Waals surface area contributed by atoms with Crippen LogP contribution in [0.15, 0.2) is 72.8 Å². The molecule has 8 aliphatic rings. The Labute approximate surface area is 298 Å². The first-order valence-electron chi connectivity index (χ1n) is 18.2. The van der Waals surface area contributed by atoms with E-state index in [0.29, 0.717) is 35.1 Å². The van der Waals surface area contributed by atoms with Crippen molar-refractivity contribution >= 4 is 15.6 Å². The first kappa shape index (κ1) is 29.5. The zero-order valence-electron chi connectivity index (χ0n) is 27.5. The van der Waals surface area contributed by atoms with Crippen molar-refractivity contribution in [1.82, 2.24) is 0 Å². The van der Waals surface area contributed by atoms with Crippen molar-refractivity contribution < 1.29 is 37.8 Å². The molecule has 0 saturated heterocycles. The molecule has 0 amide bonds. The SMILES string of the molecule is O=P([O-])([O-])Oc1c2c(c(OP(=O)([O-])[O-])c3c1C1CC3c3cc4c(cc31)C1C[C@H]4c3ccccc31)C1CC2c2cc3c(cc21)[C@@H]1CC3c2ccccc21. The molecular weight excluding hydrogens is 694 g/mol. The lowest BCUT2D eigenvalue weighted by Gasteiger charge is -2.39. The summed E-state index contributed by atoms with van der Waals surface area (Å²) in [6, 6.07) is 26.2. The molecule has 8 nitrogen and oxygen atoms in total. The highest BCUT2D eigenvalue weighted by Gasteiger charge is 2.55. The molecule has 5 aromatic rings. The predicted molar refractivity (Wildman–Crippen MR) is 182 cm³/mol. The molecule has 0 aromatic heterocycles. The molecule has 0 heterocycles. The fourth-order valence-corrected chi connectivity index (χ4v) is 13.7. The van der Waals surface area contributed by atoms with E-state index >= 15 is 0 Å². The van der Waals surface area contributed by atoms with Gasteiger partial charge in [0.15, 0.2) is 0 Å². The molecule has 0 radical (unpaired) electrons. The zero-order chi connectivity index (χ0) is 34.7. The van der Waals surface area contributed by atoms with Gasteiger partial charge in [0.1, 0.15) is 27.1 Å². The number of hydrogen-bond acceptors (Lipinski definition) is 8. The average Bonchev–Trinajstić information content (AvgIpc) is 3.98. The summed E-state index contributed by atoms with van der Waals surface area (Å²) in [6.07, 6.45) is 3.10. The van der Waals surface area contributed by atoms with Gasteiger partial charge in [-0.3, -0.25) is 0 Å². The van der Waals surface area contributed by atoms with Gasteiger partial charge in [-0.1, -0.05) is 72.8 Å². The summed E-state index contributed by atoms with van der Waals surface area (Å²) in [5, 5.41) is 0. The predicted octanol–water partition coefficient (Wildman–Crippen LogP) is 6.03. The van der Waals surface area contributed by atoms with Crippen LogP contribution in [-0.2, 0) is 9.13 Å². The Kier molecular flexibility index (Phi) is 5.21. The number of fused-ring (bicyclic) bond motifs is 32. The van der Waals surface area contributed by atoms with Gasteiger partial charge in [-0.2, -0.15) is 0 Å². The smallest absolute Gasteiger partial charge is 0.132 e. The third-order valence-corrected chi connectivity index (χ3v) is 15.1. The van der Waals surface area contributed by atoms with Gasteiger partial charge in [0, 0.05) is 69.6 Å². The molecule has 10 heteroatoms. The van der Waals surface area contributed by atoms with Gasteiger partial charge in [0.25, 0.3) is 0 Å². The summed E-state index contributed by atoms with van der Waals surface area (Å²) >= 11 is 0. The third-order valence-electron chi connectivity index (χ3n) is 14.3. The van der Waals surface area contributed by atoms with Gasteiger partial charge >= 0.3 is 0 Å². The highest BCUT2D eigenvalue weighted by atomic mass is 31.2. The fourth-order valence-electron chi connectivity index (χ4n) is 12.9. The molecule has 6 unspecified atom stereocenters. The molecule has 8 atom stereocenters. The van der Waals surface area contributed by atoms with E-state index in [4.69, 9.17) is 9.05 Å². The Balaban J connectivity index is 1.03. The van der Waals surface area contributed by atoms with Crippen molar-refractivity contribution in [3.8, 4) is 11.5 Å². The highest BCUT2D eigenvalue weighted by Crippen LogP contribution is 2.72. The Bertz CT molecular complexity index is 2340. The molecule has 258 valence electrons. The maximum Gasteiger partial charge on any atom is 0.132 e.